The van der Waals surface area contributed by atoms with E-state index in [9.17, 15) is 19.0 Å². The van der Waals surface area contributed by atoms with Gasteiger partial charge in [-0.15, -0.1) is 0 Å². The predicted molar refractivity (Wildman–Crippen MR) is 372 cm³/mol. The maximum absolute atomic E-state index is 13.6. The molecule has 512 valence electrons. The third kappa shape index (κ3) is 67.2. The zero-order chi connectivity index (χ0) is 62.8. The summed E-state index contributed by atoms with van der Waals surface area (Å²) in [6.07, 6.45) is 80.7. The quantitative estimate of drug-likeness (QED) is 0.0212. The number of likely N-dealkylation sites (N-methyl/N-ethyl adjacent to an activating group) is 1. The Bertz CT molecular complexity index is 1470. The Morgan fingerprint density at radius 1 is 0.395 bits per heavy atom. The van der Waals surface area contributed by atoms with Crippen LogP contribution in [0.4, 0.5) is 0 Å². The van der Waals surface area contributed by atoms with E-state index in [0.717, 1.165) is 57.8 Å². The van der Waals surface area contributed by atoms with Gasteiger partial charge in [-0.3, -0.25) is 14.2 Å². The number of carbonyl (C=O) groups excluding carboxylic acids is 2. The fourth-order valence-electron chi connectivity index (χ4n) is 12.1. The molecule has 10 heteroatoms. The number of carbonyl (C=O) groups is 2. The maximum Gasteiger partial charge on any atom is 0.306 e. The second-order valence-electron chi connectivity index (χ2n) is 27.9. The van der Waals surface area contributed by atoms with E-state index in [1.54, 1.807) is 0 Å². The van der Waals surface area contributed by atoms with Gasteiger partial charge in [0.2, 0.25) is 5.91 Å². The second-order valence-corrected chi connectivity index (χ2v) is 29.3. The SMILES string of the molecule is CCCCCCCCCCCC/C=C/C(OC(=O)CCCCCCCCCCCCCCCCCCCCCCCCCCC)C(COP(=O)([O-])OCC[N+](C)(C)C)NC(=O)CCCCCCCCCCCCCCCCCCCCCCCCC. The van der Waals surface area contributed by atoms with Crippen molar-refractivity contribution in [1.82, 2.24) is 5.32 Å². The molecule has 0 aromatic carbocycles. The number of nitrogens with one attached hydrogen (secondary N) is 1. The van der Waals surface area contributed by atoms with Crippen LogP contribution in [-0.4, -0.2) is 69.4 Å². The summed E-state index contributed by atoms with van der Waals surface area (Å²) in [5.74, 6) is -0.510. The van der Waals surface area contributed by atoms with Crippen molar-refractivity contribution in [3.05, 3.63) is 12.2 Å². The van der Waals surface area contributed by atoms with Crippen molar-refractivity contribution >= 4 is 19.7 Å². The van der Waals surface area contributed by atoms with E-state index in [4.69, 9.17) is 13.8 Å². The van der Waals surface area contributed by atoms with Crippen molar-refractivity contribution < 1.29 is 37.3 Å². The van der Waals surface area contributed by atoms with E-state index in [2.05, 4.69) is 26.1 Å². The van der Waals surface area contributed by atoms with Crippen LogP contribution in [0.15, 0.2) is 12.2 Å². The molecule has 0 saturated heterocycles. The zero-order valence-electron chi connectivity index (χ0n) is 58.8. The molecule has 0 aromatic rings. The van der Waals surface area contributed by atoms with Gasteiger partial charge in [0.25, 0.3) is 7.82 Å². The van der Waals surface area contributed by atoms with Crippen LogP contribution in [-0.2, 0) is 27.9 Å². The molecule has 0 aliphatic carbocycles. The number of nitrogens with zero attached hydrogens (tertiary/aromatic N) is 1. The van der Waals surface area contributed by atoms with Crippen molar-refractivity contribution in [3.8, 4) is 0 Å². The Morgan fingerprint density at radius 3 is 0.953 bits per heavy atom. The van der Waals surface area contributed by atoms with Gasteiger partial charge in [0.15, 0.2) is 0 Å². The van der Waals surface area contributed by atoms with Crippen molar-refractivity contribution in [2.24, 2.45) is 0 Å². The van der Waals surface area contributed by atoms with Gasteiger partial charge in [0.1, 0.15) is 19.3 Å². The Kier molecular flexibility index (Phi) is 65.7. The lowest BCUT2D eigenvalue weighted by Gasteiger charge is -2.30. The number of allylic oxidation sites excluding steroid dienone is 1. The minimum Gasteiger partial charge on any atom is -0.756 e. The number of unbranched alkanes of at least 4 members (excludes halogenated alkanes) is 56. The molecule has 0 spiro atoms. The number of phosphoric acid groups is 1. The molecule has 0 rings (SSSR count). The Labute approximate surface area is 537 Å². The first-order chi connectivity index (χ1) is 41.9. The lowest BCUT2D eigenvalue weighted by molar-refractivity contribution is -0.870. The summed E-state index contributed by atoms with van der Waals surface area (Å²) in [5, 5.41) is 3.06. The normalized spacial score (nSPS) is 13.4. The molecule has 0 aromatic heterocycles. The van der Waals surface area contributed by atoms with E-state index in [1.165, 1.54) is 321 Å². The predicted octanol–water partition coefficient (Wildman–Crippen LogP) is 24.0. The summed E-state index contributed by atoms with van der Waals surface area (Å²) < 4.78 is 30.5. The van der Waals surface area contributed by atoms with Crippen molar-refractivity contribution in [2.75, 3.05) is 40.9 Å². The molecule has 0 heterocycles. The van der Waals surface area contributed by atoms with Crippen LogP contribution < -0.4 is 10.2 Å². The Hall–Kier alpha value is -1.25. The van der Waals surface area contributed by atoms with Gasteiger partial charge in [0, 0.05) is 12.8 Å². The van der Waals surface area contributed by atoms with Gasteiger partial charge < -0.3 is 28.5 Å². The third-order valence-corrected chi connectivity index (χ3v) is 18.9. The van der Waals surface area contributed by atoms with E-state index < -0.39 is 20.0 Å². The first-order valence-corrected chi connectivity index (χ1v) is 40.0. The van der Waals surface area contributed by atoms with Gasteiger partial charge in [-0.1, -0.05) is 380 Å². The molecule has 3 atom stereocenters. The van der Waals surface area contributed by atoms with Gasteiger partial charge in [-0.05, 0) is 31.8 Å². The molecule has 0 radical (unpaired) electrons. The van der Waals surface area contributed by atoms with Crippen LogP contribution in [0.3, 0.4) is 0 Å². The summed E-state index contributed by atoms with van der Waals surface area (Å²) in [4.78, 5) is 40.3. The number of ether oxygens (including phenoxy) is 1. The van der Waals surface area contributed by atoms with Crippen LogP contribution >= 0.6 is 7.82 Å². The first kappa shape index (κ1) is 84.8. The third-order valence-electron chi connectivity index (χ3n) is 18.0. The van der Waals surface area contributed by atoms with Crippen molar-refractivity contribution in [2.45, 2.75) is 425 Å². The summed E-state index contributed by atoms with van der Waals surface area (Å²) in [6, 6.07) is -0.881. The zero-order valence-corrected chi connectivity index (χ0v) is 59.7. The topological polar surface area (TPSA) is 114 Å². The highest BCUT2D eigenvalue weighted by molar-refractivity contribution is 7.45. The first-order valence-electron chi connectivity index (χ1n) is 38.5. The monoisotopic (exact) mass is 1240 g/mol. The maximum atomic E-state index is 13.6. The minimum absolute atomic E-state index is 0.0162. The largest absolute Gasteiger partial charge is 0.756 e. The second kappa shape index (κ2) is 66.7. The van der Waals surface area contributed by atoms with Crippen molar-refractivity contribution in [1.29, 1.82) is 0 Å². The number of hydrogen-bond donors (Lipinski definition) is 1. The van der Waals surface area contributed by atoms with Crippen LogP contribution in [0, 0.1) is 0 Å². The van der Waals surface area contributed by atoms with Crippen LogP contribution in [0.25, 0.3) is 0 Å². The van der Waals surface area contributed by atoms with Gasteiger partial charge in [0.05, 0.1) is 33.8 Å². The highest BCUT2D eigenvalue weighted by atomic mass is 31.2. The van der Waals surface area contributed by atoms with Crippen LogP contribution in [0.2, 0.25) is 0 Å². The lowest BCUT2D eigenvalue weighted by Crippen LogP contribution is -2.47. The molecule has 9 nitrogen and oxygen atoms in total. The van der Waals surface area contributed by atoms with Gasteiger partial charge in [-0.2, -0.15) is 0 Å². The van der Waals surface area contributed by atoms with E-state index in [-0.39, 0.29) is 31.5 Å². The molecule has 1 N–H and O–H groups in total. The van der Waals surface area contributed by atoms with Gasteiger partial charge >= 0.3 is 5.97 Å². The fraction of sp³-hybridized carbons (Fsp3) is 0.947. The number of phosphoric ester groups is 1. The average Bonchev–Trinajstić information content (AvgIpc) is 3.69. The molecule has 3 unspecified atom stereocenters. The molecule has 0 saturated carbocycles. The number of quaternary nitrogens is 1. The molecular weight excluding hydrogens is 1080 g/mol. The number of hydrogen-bond acceptors (Lipinski definition) is 7. The van der Waals surface area contributed by atoms with Crippen LogP contribution in [0.1, 0.15) is 412 Å². The standard InChI is InChI=1S/C76H151N2O7P/c1-7-10-13-16-19-22-25-28-30-32-34-36-38-39-41-43-45-47-49-51-54-57-60-63-66-69-76(80)85-74(67-64-61-58-55-52-27-24-21-18-15-12-9-3)73(72-84-86(81,82)83-71-70-78(4,5)6)77-75(79)68-65-62-59-56-53-50-48-46-44-42-40-37-35-33-31-29-26-23-20-17-14-11-8-2/h64,67,73-74H,7-63,65-66,68-72H2,1-6H3,(H-,77,79,81,82)/b67-64+. The summed E-state index contributed by atoms with van der Waals surface area (Å²) in [7, 11) is 1.22. The van der Waals surface area contributed by atoms with E-state index in [1.807, 2.05) is 33.3 Å². The summed E-state index contributed by atoms with van der Waals surface area (Å²) in [5.41, 5.74) is 0. The van der Waals surface area contributed by atoms with Crippen LogP contribution in [0.5, 0.6) is 0 Å². The lowest BCUT2D eigenvalue weighted by atomic mass is 10.0. The van der Waals surface area contributed by atoms with Crippen molar-refractivity contribution in [3.63, 3.8) is 0 Å². The fourth-order valence-corrected chi connectivity index (χ4v) is 12.8. The number of rotatable bonds is 72. The highest BCUT2D eigenvalue weighted by Gasteiger charge is 2.27. The molecule has 0 bridgehead atoms. The summed E-state index contributed by atoms with van der Waals surface area (Å²) in [6.45, 7) is 6.94. The van der Waals surface area contributed by atoms with E-state index in [0.29, 0.717) is 17.4 Å². The highest BCUT2D eigenvalue weighted by Crippen LogP contribution is 2.38. The molecule has 1 amide bonds. The molecule has 86 heavy (non-hydrogen) atoms. The molecular formula is C76H151N2O7P. The average molecular weight is 1240 g/mol. The molecule has 0 aliphatic heterocycles. The molecule has 0 aliphatic rings. The number of esters is 1. The number of amides is 1. The minimum atomic E-state index is -4.70. The molecule has 0 fully saturated rings. The summed E-state index contributed by atoms with van der Waals surface area (Å²) >= 11 is 0. The van der Waals surface area contributed by atoms with Gasteiger partial charge in [-0.25, -0.2) is 0 Å². The Balaban J connectivity index is 4.92. The van der Waals surface area contributed by atoms with E-state index >= 15 is 0 Å². The Morgan fingerprint density at radius 2 is 0.663 bits per heavy atom. The smallest absolute Gasteiger partial charge is 0.306 e.